The first-order valence-corrected chi connectivity index (χ1v) is 6.97. The van der Waals surface area contributed by atoms with Gasteiger partial charge < -0.3 is 5.32 Å². The van der Waals surface area contributed by atoms with Crippen LogP contribution in [-0.4, -0.2) is 32.8 Å². The molecule has 2 rings (SSSR count). The number of aryl methyl sites for hydroxylation is 1. The number of nitrogens with one attached hydrogen (secondary N) is 1. The summed E-state index contributed by atoms with van der Waals surface area (Å²) >= 11 is 1.85. The van der Waals surface area contributed by atoms with Crippen LogP contribution in [0.25, 0.3) is 0 Å². The second-order valence-corrected chi connectivity index (χ2v) is 6.02. The van der Waals surface area contributed by atoms with Gasteiger partial charge in [0.05, 0.1) is 0 Å². The molecule has 5 heteroatoms. The van der Waals surface area contributed by atoms with E-state index >= 15 is 0 Å². The van der Waals surface area contributed by atoms with Crippen LogP contribution >= 0.6 is 11.8 Å². The number of nitrogens with zero attached hydrogens (tertiary/aromatic N) is 3. The molecule has 0 bridgehead atoms. The minimum absolute atomic E-state index is 0.543. The summed E-state index contributed by atoms with van der Waals surface area (Å²) in [4.78, 5) is 4.63. The van der Waals surface area contributed by atoms with E-state index in [1.54, 1.807) is 0 Å². The van der Waals surface area contributed by atoms with E-state index in [1.807, 2.05) is 35.8 Å². The summed E-state index contributed by atoms with van der Waals surface area (Å²) in [5.74, 6) is 0. The number of thioether (sulfide) groups is 1. The Hall–Kier alpha value is -0.970. The van der Waals surface area contributed by atoms with Crippen molar-refractivity contribution in [3.05, 3.63) is 18.0 Å². The third-order valence-electron chi connectivity index (χ3n) is 2.91. The Morgan fingerprint density at radius 3 is 3.06 bits per heavy atom. The van der Waals surface area contributed by atoms with E-state index in [2.05, 4.69) is 29.3 Å². The normalized spacial score (nSPS) is 27.1. The van der Waals surface area contributed by atoms with Crippen molar-refractivity contribution in [3.8, 4) is 0 Å². The molecule has 1 N–H and O–H groups in total. The van der Waals surface area contributed by atoms with E-state index in [9.17, 15) is 0 Å². The van der Waals surface area contributed by atoms with Crippen molar-refractivity contribution in [1.29, 1.82) is 0 Å². The molecule has 0 saturated carbocycles. The number of aromatic nitrogens is 2. The maximum absolute atomic E-state index is 4.63. The molecule has 1 fully saturated rings. The fourth-order valence-electron chi connectivity index (χ4n) is 2.04. The smallest absolute Gasteiger partial charge is 0.157 e. The minimum Gasteiger partial charge on any atom is -0.362 e. The van der Waals surface area contributed by atoms with Crippen molar-refractivity contribution in [3.63, 3.8) is 0 Å². The van der Waals surface area contributed by atoms with Gasteiger partial charge in [-0.1, -0.05) is 18.7 Å². The highest BCUT2D eigenvalue weighted by molar-refractivity contribution is 8.14. The second-order valence-electron chi connectivity index (χ2n) is 4.59. The molecule has 0 amide bonds. The Balaban J connectivity index is 1.86. The molecule has 1 aromatic rings. The zero-order valence-corrected chi connectivity index (χ0v) is 11.5. The van der Waals surface area contributed by atoms with E-state index in [4.69, 9.17) is 0 Å². The Kier molecular flexibility index (Phi) is 4.10. The van der Waals surface area contributed by atoms with Crippen molar-refractivity contribution in [2.75, 3.05) is 6.54 Å². The molecule has 17 heavy (non-hydrogen) atoms. The largest absolute Gasteiger partial charge is 0.362 e. The Labute approximate surface area is 107 Å². The molecule has 2 heterocycles. The van der Waals surface area contributed by atoms with Gasteiger partial charge in [-0.05, 0) is 19.4 Å². The molecular weight excluding hydrogens is 232 g/mol. The van der Waals surface area contributed by atoms with Crippen LogP contribution in [0.3, 0.4) is 0 Å². The highest BCUT2D eigenvalue weighted by Gasteiger charge is 2.19. The number of rotatable bonds is 3. The van der Waals surface area contributed by atoms with Gasteiger partial charge in [-0.15, -0.1) is 0 Å². The summed E-state index contributed by atoms with van der Waals surface area (Å²) in [6.45, 7) is 5.31. The lowest BCUT2D eigenvalue weighted by molar-refractivity contribution is 0.597. The molecule has 1 aromatic heterocycles. The zero-order valence-electron chi connectivity index (χ0n) is 10.7. The van der Waals surface area contributed by atoms with Gasteiger partial charge >= 0.3 is 0 Å². The predicted molar refractivity (Wildman–Crippen MR) is 73.5 cm³/mol. The number of amidine groups is 1. The maximum atomic E-state index is 4.63. The lowest BCUT2D eigenvalue weighted by Crippen LogP contribution is -2.38. The highest BCUT2D eigenvalue weighted by Crippen LogP contribution is 2.22. The van der Waals surface area contributed by atoms with Crippen LogP contribution in [0.2, 0.25) is 0 Å². The second kappa shape index (κ2) is 5.58. The number of hydrogen-bond donors (Lipinski definition) is 1. The summed E-state index contributed by atoms with van der Waals surface area (Å²) in [6, 6.07) is 2.59. The summed E-state index contributed by atoms with van der Waals surface area (Å²) in [5, 5.41) is 9.35. The van der Waals surface area contributed by atoms with E-state index in [-0.39, 0.29) is 0 Å². The van der Waals surface area contributed by atoms with Crippen molar-refractivity contribution in [2.24, 2.45) is 12.0 Å². The van der Waals surface area contributed by atoms with E-state index in [1.165, 1.54) is 12.1 Å². The predicted octanol–water partition coefficient (Wildman–Crippen LogP) is 1.82. The van der Waals surface area contributed by atoms with Crippen molar-refractivity contribution >= 4 is 16.9 Å². The Morgan fingerprint density at radius 1 is 1.59 bits per heavy atom. The summed E-state index contributed by atoms with van der Waals surface area (Å²) in [7, 11) is 1.97. The van der Waals surface area contributed by atoms with Gasteiger partial charge in [-0.3, -0.25) is 9.67 Å². The van der Waals surface area contributed by atoms with Gasteiger partial charge in [0.25, 0.3) is 0 Å². The van der Waals surface area contributed by atoms with Gasteiger partial charge in [-0.25, -0.2) is 0 Å². The molecule has 0 radical (unpaired) electrons. The van der Waals surface area contributed by atoms with Crippen LogP contribution < -0.4 is 5.32 Å². The van der Waals surface area contributed by atoms with Crippen molar-refractivity contribution < 1.29 is 0 Å². The minimum atomic E-state index is 0.543. The topological polar surface area (TPSA) is 42.2 Å². The number of hydrogen-bond acceptors (Lipinski definition) is 3. The molecule has 0 aliphatic carbocycles. The van der Waals surface area contributed by atoms with Crippen LogP contribution in [0.15, 0.2) is 17.3 Å². The summed E-state index contributed by atoms with van der Waals surface area (Å²) in [5.41, 5.74) is 1.23. The van der Waals surface area contributed by atoms with Gasteiger partial charge in [0.15, 0.2) is 5.17 Å². The molecule has 2 unspecified atom stereocenters. The molecule has 94 valence electrons. The first kappa shape index (κ1) is 12.5. The monoisotopic (exact) mass is 252 g/mol. The van der Waals surface area contributed by atoms with Crippen LogP contribution in [-0.2, 0) is 13.5 Å². The van der Waals surface area contributed by atoms with Gasteiger partial charge in [0, 0.05) is 43.2 Å². The molecule has 2 atom stereocenters. The summed E-state index contributed by atoms with van der Waals surface area (Å²) < 4.78 is 1.91. The van der Waals surface area contributed by atoms with E-state index in [0.29, 0.717) is 11.3 Å². The first-order valence-electron chi connectivity index (χ1n) is 6.09. The van der Waals surface area contributed by atoms with Crippen LogP contribution in [0, 0.1) is 0 Å². The van der Waals surface area contributed by atoms with E-state index < -0.39 is 0 Å². The van der Waals surface area contributed by atoms with Crippen LogP contribution in [0.4, 0.5) is 0 Å². The summed E-state index contributed by atoms with van der Waals surface area (Å²) in [6.07, 6.45) is 4.00. The molecule has 0 spiro atoms. The lowest BCUT2D eigenvalue weighted by Gasteiger charge is -2.26. The SMILES string of the molecule is CC1CC(C)SC(=NCCc2ccnn2C)N1. The first-order chi connectivity index (χ1) is 8.15. The standard InChI is InChI=1S/C12H20N4S/c1-9-8-10(2)17-12(15-9)13-6-4-11-5-7-14-16(11)3/h5,7,9-10H,4,6,8H2,1-3H3,(H,13,15). The van der Waals surface area contributed by atoms with Gasteiger partial charge in [-0.2, -0.15) is 5.10 Å². The fraction of sp³-hybridized carbons (Fsp3) is 0.667. The van der Waals surface area contributed by atoms with Crippen molar-refractivity contribution in [2.45, 2.75) is 38.0 Å². The molecule has 1 aliphatic rings. The third-order valence-corrected chi connectivity index (χ3v) is 3.98. The molecule has 1 aliphatic heterocycles. The molecule has 0 aromatic carbocycles. The average Bonchev–Trinajstić information content (AvgIpc) is 2.63. The molecular formula is C12H20N4S. The molecule has 4 nitrogen and oxygen atoms in total. The Bertz CT molecular complexity index is 387. The van der Waals surface area contributed by atoms with Gasteiger partial charge in [0.2, 0.25) is 0 Å². The quantitative estimate of drug-likeness (QED) is 0.892. The van der Waals surface area contributed by atoms with Crippen LogP contribution in [0.1, 0.15) is 26.0 Å². The lowest BCUT2D eigenvalue weighted by atomic mass is 10.2. The Morgan fingerprint density at radius 2 is 2.41 bits per heavy atom. The highest BCUT2D eigenvalue weighted by atomic mass is 32.2. The maximum Gasteiger partial charge on any atom is 0.157 e. The van der Waals surface area contributed by atoms with Crippen molar-refractivity contribution in [1.82, 2.24) is 15.1 Å². The molecule has 1 saturated heterocycles. The average molecular weight is 252 g/mol. The fourth-order valence-corrected chi connectivity index (χ4v) is 3.24. The van der Waals surface area contributed by atoms with E-state index in [0.717, 1.165) is 18.1 Å². The third kappa shape index (κ3) is 3.49. The zero-order chi connectivity index (χ0) is 12.3. The van der Waals surface area contributed by atoms with Crippen LogP contribution in [0.5, 0.6) is 0 Å². The number of aliphatic imine (C=N–C) groups is 1. The van der Waals surface area contributed by atoms with Gasteiger partial charge in [0.1, 0.15) is 0 Å².